The van der Waals surface area contributed by atoms with Gasteiger partial charge in [0.1, 0.15) is 35.9 Å². The van der Waals surface area contributed by atoms with Gasteiger partial charge in [0.2, 0.25) is 5.91 Å². The number of fused-ring (bicyclic) bond motifs is 1. The van der Waals surface area contributed by atoms with Crippen molar-refractivity contribution >= 4 is 34.8 Å². The molecule has 0 spiro atoms. The monoisotopic (exact) mass is 512 g/mol. The Bertz CT molecular complexity index is 872. The molecule has 1 amide bonds. The zero-order valence-electron chi connectivity index (χ0n) is 19.2. The SMILES string of the molecule is CSC1O[C@H]([C@H](NC(=O)[C@H]2NC[C@@H]3C=C(c4ccccc4)CCO[C@@H]23)[C@H](C)Cl)C(O)C(O)[C@H]1O. The first-order valence-corrected chi connectivity index (χ1v) is 13.3. The smallest absolute Gasteiger partial charge is 0.240 e. The third-order valence-electron chi connectivity index (χ3n) is 6.84. The second-order valence-corrected chi connectivity index (χ2v) is 10.7. The van der Waals surface area contributed by atoms with Crippen molar-refractivity contribution in [2.45, 2.75) is 66.8 Å². The summed E-state index contributed by atoms with van der Waals surface area (Å²) in [5.74, 6) is -0.270. The summed E-state index contributed by atoms with van der Waals surface area (Å²) in [7, 11) is 0. The lowest BCUT2D eigenvalue weighted by molar-refractivity contribution is -0.205. The number of benzene rings is 1. The van der Waals surface area contributed by atoms with Gasteiger partial charge in [0.25, 0.3) is 0 Å². The maximum absolute atomic E-state index is 13.3. The highest BCUT2D eigenvalue weighted by molar-refractivity contribution is 7.99. The van der Waals surface area contributed by atoms with Crippen LogP contribution in [0.3, 0.4) is 0 Å². The molecule has 3 heterocycles. The Balaban J connectivity index is 1.47. The molecule has 5 N–H and O–H groups in total. The normalized spacial score (nSPS) is 37.8. The molecule has 1 aromatic rings. The highest BCUT2D eigenvalue weighted by atomic mass is 35.5. The first kappa shape index (κ1) is 25.9. The van der Waals surface area contributed by atoms with Crippen molar-refractivity contribution in [2.24, 2.45) is 5.92 Å². The van der Waals surface area contributed by atoms with Gasteiger partial charge in [-0.1, -0.05) is 36.4 Å². The topological polar surface area (TPSA) is 120 Å². The molecule has 188 valence electrons. The Labute approximate surface area is 209 Å². The number of halogens is 1. The zero-order chi connectivity index (χ0) is 24.4. The summed E-state index contributed by atoms with van der Waals surface area (Å²) in [6.07, 6.45) is -0.678. The fourth-order valence-corrected chi connectivity index (χ4v) is 5.86. The van der Waals surface area contributed by atoms with Gasteiger partial charge < -0.3 is 35.4 Å². The van der Waals surface area contributed by atoms with Crippen LogP contribution >= 0.6 is 23.4 Å². The number of hydrogen-bond acceptors (Lipinski definition) is 8. The summed E-state index contributed by atoms with van der Waals surface area (Å²) in [6, 6.07) is 8.77. The second kappa shape index (κ2) is 11.3. The first-order chi connectivity index (χ1) is 16.3. The van der Waals surface area contributed by atoms with E-state index in [1.54, 1.807) is 13.2 Å². The fourth-order valence-electron chi connectivity index (χ4n) is 4.98. The van der Waals surface area contributed by atoms with Crippen molar-refractivity contribution in [2.75, 3.05) is 19.4 Å². The van der Waals surface area contributed by atoms with Gasteiger partial charge in [-0.15, -0.1) is 23.4 Å². The lowest BCUT2D eigenvalue weighted by atomic mass is 9.92. The van der Waals surface area contributed by atoms with Gasteiger partial charge in [-0.2, -0.15) is 0 Å². The maximum Gasteiger partial charge on any atom is 0.240 e. The van der Waals surface area contributed by atoms with E-state index in [4.69, 9.17) is 21.1 Å². The molecular weight excluding hydrogens is 480 g/mol. The predicted octanol–water partition coefficient (Wildman–Crippen LogP) is 0.730. The van der Waals surface area contributed by atoms with Gasteiger partial charge in [0.05, 0.1) is 24.1 Å². The van der Waals surface area contributed by atoms with Crippen molar-refractivity contribution in [1.82, 2.24) is 10.6 Å². The van der Waals surface area contributed by atoms with Crippen LogP contribution in [0.5, 0.6) is 0 Å². The molecule has 0 saturated carbocycles. The molecule has 0 radical (unpaired) electrons. The van der Waals surface area contributed by atoms with E-state index in [0.29, 0.717) is 13.2 Å². The molecule has 2 saturated heterocycles. The Morgan fingerprint density at radius 1 is 1.21 bits per heavy atom. The fraction of sp³-hybridized carbons (Fsp3) is 0.625. The average molecular weight is 513 g/mol. The van der Waals surface area contributed by atoms with Crippen LogP contribution in [0.2, 0.25) is 0 Å². The minimum Gasteiger partial charge on any atom is -0.388 e. The van der Waals surface area contributed by atoms with Crippen LogP contribution in [0.4, 0.5) is 0 Å². The van der Waals surface area contributed by atoms with Crippen molar-refractivity contribution < 1.29 is 29.6 Å². The molecule has 0 bridgehead atoms. The van der Waals surface area contributed by atoms with Gasteiger partial charge in [-0.05, 0) is 30.7 Å². The minimum absolute atomic E-state index is 0.0368. The summed E-state index contributed by atoms with van der Waals surface area (Å²) >= 11 is 7.62. The third kappa shape index (κ3) is 5.32. The van der Waals surface area contributed by atoms with E-state index < -0.39 is 47.3 Å². The van der Waals surface area contributed by atoms with E-state index in [1.807, 2.05) is 18.2 Å². The summed E-state index contributed by atoms with van der Waals surface area (Å²) in [4.78, 5) is 13.3. The minimum atomic E-state index is -1.41. The van der Waals surface area contributed by atoms with E-state index in [9.17, 15) is 20.1 Å². The molecule has 10 atom stereocenters. The van der Waals surface area contributed by atoms with Gasteiger partial charge in [-0.25, -0.2) is 0 Å². The molecular formula is C24H33ClN2O6S. The van der Waals surface area contributed by atoms with Crippen LogP contribution in [-0.4, -0.2) is 94.1 Å². The average Bonchev–Trinajstić information content (AvgIpc) is 3.11. The number of hydrogen-bond donors (Lipinski definition) is 5. The molecule has 4 rings (SSSR count). The van der Waals surface area contributed by atoms with Gasteiger partial charge in [0.15, 0.2) is 0 Å². The van der Waals surface area contributed by atoms with E-state index >= 15 is 0 Å². The number of thioether (sulfide) groups is 1. The van der Waals surface area contributed by atoms with Crippen LogP contribution < -0.4 is 10.6 Å². The van der Waals surface area contributed by atoms with Gasteiger partial charge in [0, 0.05) is 12.5 Å². The third-order valence-corrected chi connectivity index (χ3v) is 7.97. The number of aliphatic hydroxyl groups excluding tert-OH is 3. The van der Waals surface area contributed by atoms with Crippen molar-refractivity contribution in [1.29, 1.82) is 0 Å². The molecule has 3 aliphatic rings. The van der Waals surface area contributed by atoms with E-state index in [-0.39, 0.29) is 17.9 Å². The summed E-state index contributed by atoms with van der Waals surface area (Å²) in [6.45, 7) is 2.80. The van der Waals surface area contributed by atoms with Crippen LogP contribution in [0.25, 0.3) is 5.57 Å². The lowest BCUT2D eigenvalue weighted by Gasteiger charge is -2.44. The highest BCUT2D eigenvalue weighted by Crippen LogP contribution is 2.32. The van der Waals surface area contributed by atoms with Crippen LogP contribution in [-0.2, 0) is 14.3 Å². The van der Waals surface area contributed by atoms with Crippen LogP contribution in [0.15, 0.2) is 36.4 Å². The van der Waals surface area contributed by atoms with Crippen LogP contribution in [0, 0.1) is 5.92 Å². The largest absolute Gasteiger partial charge is 0.388 e. The number of nitrogens with one attached hydrogen (secondary N) is 2. The molecule has 34 heavy (non-hydrogen) atoms. The molecule has 0 aliphatic carbocycles. The number of ether oxygens (including phenoxy) is 2. The molecule has 10 heteroatoms. The Morgan fingerprint density at radius 2 is 1.94 bits per heavy atom. The van der Waals surface area contributed by atoms with Gasteiger partial charge >= 0.3 is 0 Å². The number of carbonyl (C=O) groups is 1. The van der Waals surface area contributed by atoms with E-state index in [1.165, 1.54) is 17.3 Å². The van der Waals surface area contributed by atoms with E-state index in [2.05, 4.69) is 28.8 Å². The Kier molecular flexibility index (Phi) is 8.58. The van der Waals surface area contributed by atoms with Gasteiger partial charge in [-0.3, -0.25) is 4.79 Å². The standard InChI is InChI=1S/C24H33ClN2O6S/c1-12(25)16(22-19(29)18(28)20(30)24(33-22)34-2)27-23(31)17-21-15(11-26-17)10-14(8-9-32-21)13-6-4-3-5-7-13/h3-7,10,12,15-22,24,26,28-30H,8-9,11H2,1-2H3,(H,27,31)/t12-,15-,16+,17-,18?,19?,20+,21+,22+,24?/m0/s1. The Hall–Kier alpha value is -1.17. The summed E-state index contributed by atoms with van der Waals surface area (Å²) in [5, 5.41) is 36.6. The summed E-state index contributed by atoms with van der Waals surface area (Å²) < 4.78 is 12.0. The van der Waals surface area contributed by atoms with Crippen molar-refractivity contribution in [3.05, 3.63) is 42.0 Å². The summed E-state index contributed by atoms with van der Waals surface area (Å²) in [5.41, 5.74) is 1.61. The number of carbonyl (C=O) groups excluding carboxylic acids is 1. The van der Waals surface area contributed by atoms with E-state index in [0.717, 1.165) is 12.0 Å². The highest BCUT2D eigenvalue weighted by Gasteiger charge is 2.49. The zero-order valence-corrected chi connectivity index (χ0v) is 20.8. The van der Waals surface area contributed by atoms with Crippen LogP contribution in [0.1, 0.15) is 18.9 Å². The Morgan fingerprint density at radius 3 is 2.62 bits per heavy atom. The number of amides is 1. The lowest BCUT2D eigenvalue weighted by Crippen LogP contribution is -2.65. The molecule has 3 aliphatic heterocycles. The molecule has 1 aromatic carbocycles. The maximum atomic E-state index is 13.3. The molecule has 2 fully saturated rings. The quantitative estimate of drug-likeness (QED) is 0.354. The first-order valence-electron chi connectivity index (χ1n) is 11.6. The molecule has 8 nitrogen and oxygen atoms in total. The second-order valence-electron chi connectivity index (χ2n) is 9.08. The number of aliphatic hydroxyl groups is 3. The number of alkyl halides is 1. The van der Waals surface area contributed by atoms with Crippen molar-refractivity contribution in [3.8, 4) is 0 Å². The number of rotatable bonds is 6. The molecule has 0 aromatic heterocycles. The van der Waals surface area contributed by atoms with Crippen molar-refractivity contribution in [3.63, 3.8) is 0 Å². The molecule has 3 unspecified atom stereocenters. The predicted molar refractivity (Wildman–Crippen MR) is 131 cm³/mol.